The lowest BCUT2D eigenvalue weighted by Gasteiger charge is -2.12. The van der Waals surface area contributed by atoms with Crippen molar-refractivity contribution in [3.05, 3.63) is 45.7 Å². The third-order valence-electron chi connectivity index (χ3n) is 3.28. The normalized spacial score (nSPS) is 11.4. The van der Waals surface area contributed by atoms with Crippen LogP contribution in [-0.2, 0) is 12.7 Å². The highest BCUT2D eigenvalue weighted by molar-refractivity contribution is 7.80. The average molecular weight is 411 g/mol. The summed E-state index contributed by atoms with van der Waals surface area (Å²) in [4.78, 5) is 0. The molecule has 1 aromatic carbocycles. The molecule has 0 radical (unpaired) electrons. The Bertz CT molecular complexity index is 762. The van der Waals surface area contributed by atoms with Crippen LogP contribution in [0.4, 0.5) is 18.9 Å². The molecule has 0 fully saturated rings. The van der Waals surface area contributed by atoms with Gasteiger partial charge in [0.25, 0.3) is 0 Å². The first-order valence-corrected chi connectivity index (χ1v) is 8.45. The van der Waals surface area contributed by atoms with Crippen molar-refractivity contribution in [1.29, 1.82) is 0 Å². The van der Waals surface area contributed by atoms with Gasteiger partial charge < -0.3 is 10.6 Å². The van der Waals surface area contributed by atoms with Gasteiger partial charge in [-0.3, -0.25) is 4.68 Å². The van der Waals surface area contributed by atoms with Gasteiger partial charge in [0.05, 0.1) is 10.7 Å². The molecule has 136 valence electrons. The average Bonchev–Trinajstić information content (AvgIpc) is 2.88. The van der Waals surface area contributed by atoms with Gasteiger partial charge >= 0.3 is 6.18 Å². The first-order chi connectivity index (χ1) is 11.7. The number of benzene rings is 1. The van der Waals surface area contributed by atoms with Gasteiger partial charge in [-0.05, 0) is 49.8 Å². The maximum absolute atomic E-state index is 12.6. The van der Waals surface area contributed by atoms with Crippen LogP contribution in [0.3, 0.4) is 0 Å². The molecule has 0 unspecified atom stereocenters. The molecule has 0 saturated heterocycles. The van der Waals surface area contributed by atoms with Crippen molar-refractivity contribution in [3.63, 3.8) is 0 Å². The standard InChI is InChI=1S/C15H15Cl2F3N4S/c1-9-7-13(15(18,19)20)23-24(9)6-2-5-21-14(25)22-12-4-3-10(16)8-11(12)17/h3-4,7-8H,2,5-6H2,1H3,(H2,21,22,25). The summed E-state index contributed by atoms with van der Waals surface area (Å²) in [7, 11) is 0. The highest BCUT2D eigenvalue weighted by Crippen LogP contribution is 2.28. The molecule has 0 aliphatic heterocycles. The molecule has 0 saturated carbocycles. The molecule has 0 aliphatic rings. The second-order valence-electron chi connectivity index (χ2n) is 5.25. The Kier molecular flexibility index (Phi) is 6.53. The second-order valence-corrected chi connectivity index (χ2v) is 6.50. The van der Waals surface area contributed by atoms with Crippen LogP contribution in [0.5, 0.6) is 0 Å². The minimum Gasteiger partial charge on any atom is -0.362 e. The van der Waals surface area contributed by atoms with Gasteiger partial charge in [0.15, 0.2) is 10.8 Å². The van der Waals surface area contributed by atoms with Crippen molar-refractivity contribution < 1.29 is 13.2 Å². The van der Waals surface area contributed by atoms with Gasteiger partial charge in [0.2, 0.25) is 0 Å². The summed E-state index contributed by atoms with van der Waals surface area (Å²) in [6, 6.07) is 6.00. The van der Waals surface area contributed by atoms with E-state index in [2.05, 4.69) is 15.7 Å². The van der Waals surface area contributed by atoms with E-state index in [1.54, 1.807) is 25.1 Å². The SMILES string of the molecule is Cc1cc(C(F)(F)F)nn1CCCNC(=S)Nc1ccc(Cl)cc1Cl. The quantitative estimate of drug-likeness (QED) is 0.543. The molecule has 25 heavy (non-hydrogen) atoms. The van der Waals surface area contributed by atoms with E-state index in [-0.39, 0.29) is 0 Å². The maximum Gasteiger partial charge on any atom is 0.435 e. The van der Waals surface area contributed by atoms with Crippen molar-refractivity contribution in [2.45, 2.75) is 26.1 Å². The number of rotatable bonds is 5. The van der Waals surface area contributed by atoms with Crippen LogP contribution in [0.25, 0.3) is 0 Å². The topological polar surface area (TPSA) is 41.9 Å². The lowest BCUT2D eigenvalue weighted by molar-refractivity contribution is -0.141. The number of hydrogen-bond donors (Lipinski definition) is 2. The fraction of sp³-hybridized carbons (Fsp3) is 0.333. The van der Waals surface area contributed by atoms with E-state index in [0.29, 0.717) is 46.0 Å². The molecule has 4 nitrogen and oxygen atoms in total. The van der Waals surface area contributed by atoms with Crippen LogP contribution in [0.1, 0.15) is 17.8 Å². The summed E-state index contributed by atoms with van der Waals surface area (Å²) < 4.78 is 39.2. The number of aromatic nitrogens is 2. The summed E-state index contributed by atoms with van der Waals surface area (Å²) in [5.74, 6) is 0. The molecule has 0 amide bonds. The molecule has 0 spiro atoms. The van der Waals surface area contributed by atoms with Crippen LogP contribution in [0.2, 0.25) is 10.0 Å². The Morgan fingerprint density at radius 3 is 2.60 bits per heavy atom. The summed E-state index contributed by atoms with van der Waals surface area (Å²) >= 11 is 17.0. The summed E-state index contributed by atoms with van der Waals surface area (Å²) in [6.07, 6.45) is -3.88. The lowest BCUT2D eigenvalue weighted by Crippen LogP contribution is -2.30. The van der Waals surface area contributed by atoms with Crippen LogP contribution in [0.15, 0.2) is 24.3 Å². The van der Waals surface area contributed by atoms with E-state index < -0.39 is 11.9 Å². The number of aryl methyl sites for hydroxylation is 2. The van der Waals surface area contributed by atoms with E-state index in [0.717, 1.165) is 6.07 Å². The number of alkyl halides is 3. The first kappa shape index (κ1) is 19.8. The predicted octanol–water partition coefficient (Wildman–Crippen LogP) is 4.89. The predicted molar refractivity (Wildman–Crippen MR) is 97.3 cm³/mol. The van der Waals surface area contributed by atoms with Crippen molar-refractivity contribution in [2.75, 3.05) is 11.9 Å². The number of nitrogens with zero attached hydrogens (tertiary/aromatic N) is 2. The van der Waals surface area contributed by atoms with Gasteiger partial charge in [-0.15, -0.1) is 0 Å². The van der Waals surface area contributed by atoms with Crippen LogP contribution < -0.4 is 10.6 Å². The molecule has 0 aliphatic carbocycles. The zero-order valence-corrected chi connectivity index (χ0v) is 15.5. The first-order valence-electron chi connectivity index (χ1n) is 7.28. The van der Waals surface area contributed by atoms with Crippen molar-refractivity contribution in [1.82, 2.24) is 15.1 Å². The lowest BCUT2D eigenvalue weighted by atomic mass is 10.3. The number of nitrogens with one attached hydrogen (secondary N) is 2. The minimum atomic E-state index is -4.43. The van der Waals surface area contributed by atoms with Crippen molar-refractivity contribution >= 4 is 46.2 Å². The fourth-order valence-electron chi connectivity index (χ4n) is 2.06. The number of thiocarbonyl (C=S) groups is 1. The molecular weight excluding hydrogens is 396 g/mol. The van der Waals surface area contributed by atoms with E-state index in [1.165, 1.54) is 4.68 Å². The van der Waals surface area contributed by atoms with E-state index >= 15 is 0 Å². The third kappa shape index (κ3) is 5.76. The van der Waals surface area contributed by atoms with Gasteiger partial charge in [-0.2, -0.15) is 18.3 Å². The Morgan fingerprint density at radius 2 is 2.00 bits per heavy atom. The molecule has 0 atom stereocenters. The van der Waals surface area contributed by atoms with E-state index in [4.69, 9.17) is 35.4 Å². The molecule has 2 rings (SSSR count). The van der Waals surface area contributed by atoms with E-state index in [9.17, 15) is 13.2 Å². The smallest absolute Gasteiger partial charge is 0.362 e. The Morgan fingerprint density at radius 1 is 1.28 bits per heavy atom. The van der Waals surface area contributed by atoms with Gasteiger partial charge in [-0.1, -0.05) is 23.2 Å². The van der Waals surface area contributed by atoms with Crippen molar-refractivity contribution in [3.8, 4) is 0 Å². The fourth-order valence-corrected chi connectivity index (χ4v) is 2.73. The van der Waals surface area contributed by atoms with Gasteiger partial charge in [-0.25, -0.2) is 0 Å². The Hall–Kier alpha value is -1.51. The molecule has 10 heteroatoms. The summed E-state index contributed by atoms with van der Waals surface area (Å²) in [5.41, 5.74) is 0.190. The molecule has 1 heterocycles. The maximum atomic E-state index is 12.6. The van der Waals surface area contributed by atoms with Gasteiger partial charge in [0, 0.05) is 23.8 Å². The summed E-state index contributed by atoms with van der Waals surface area (Å²) in [6.45, 7) is 2.40. The Balaban J connectivity index is 1.79. The highest BCUT2D eigenvalue weighted by atomic mass is 35.5. The largest absolute Gasteiger partial charge is 0.435 e. The minimum absolute atomic E-state index is 0.346. The van der Waals surface area contributed by atoms with Gasteiger partial charge in [0.1, 0.15) is 0 Å². The van der Waals surface area contributed by atoms with E-state index in [1.807, 2.05) is 0 Å². The molecule has 2 N–H and O–H groups in total. The number of hydrogen-bond acceptors (Lipinski definition) is 2. The number of halogens is 5. The summed E-state index contributed by atoms with van der Waals surface area (Å²) in [5, 5.41) is 10.8. The molecule has 2 aromatic rings. The van der Waals surface area contributed by atoms with Crippen LogP contribution >= 0.6 is 35.4 Å². The molecular formula is C15H15Cl2F3N4S. The Labute approximate surface area is 158 Å². The monoisotopic (exact) mass is 410 g/mol. The zero-order valence-electron chi connectivity index (χ0n) is 13.1. The van der Waals surface area contributed by atoms with Crippen LogP contribution in [0, 0.1) is 6.92 Å². The van der Waals surface area contributed by atoms with Crippen molar-refractivity contribution in [2.24, 2.45) is 0 Å². The highest BCUT2D eigenvalue weighted by Gasteiger charge is 2.34. The second kappa shape index (κ2) is 8.25. The molecule has 0 bridgehead atoms. The van der Waals surface area contributed by atoms with Crippen LogP contribution in [-0.4, -0.2) is 21.4 Å². The zero-order chi connectivity index (χ0) is 18.6. The molecule has 1 aromatic heterocycles. The number of anilines is 1. The third-order valence-corrected chi connectivity index (χ3v) is 4.08.